The van der Waals surface area contributed by atoms with Gasteiger partial charge in [-0.3, -0.25) is 0 Å². The molecule has 134 valence electrons. The Balaban J connectivity index is 1.58. The van der Waals surface area contributed by atoms with Crippen molar-refractivity contribution in [2.24, 2.45) is 0 Å². The van der Waals surface area contributed by atoms with Crippen LogP contribution in [0.5, 0.6) is 0 Å². The van der Waals surface area contributed by atoms with Gasteiger partial charge in [0, 0.05) is 50.2 Å². The highest BCUT2D eigenvalue weighted by Crippen LogP contribution is 2.19. The summed E-state index contributed by atoms with van der Waals surface area (Å²) in [7, 11) is 0. The number of ether oxygens (including phenoxy) is 1. The Hall–Kier alpha value is -2.02. The fourth-order valence-electron chi connectivity index (χ4n) is 2.97. The summed E-state index contributed by atoms with van der Waals surface area (Å²) in [5.74, 6) is 0.770. The molecule has 0 saturated carbocycles. The van der Waals surface area contributed by atoms with E-state index in [-0.39, 0.29) is 12.6 Å². The molecule has 6 nitrogen and oxygen atoms in total. The molecule has 1 fully saturated rings. The van der Waals surface area contributed by atoms with Gasteiger partial charge in [-0.05, 0) is 18.4 Å². The number of morpholine rings is 1. The van der Waals surface area contributed by atoms with E-state index in [0.717, 1.165) is 50.7 Å². The molecule has 1 aliphatic heterocycles. The Morgan fingerprint density at radius 2 is 1.84 bits per heavy atom. The van der Waals surface area contributed by atoms with Crippen LogP contribution in [0.4, 0.5) is 5.95 Å². The van der Waals surface area contributed by atoms with Gasteiger partial charge in [0.05, 0.1) is 13.2 Å². The van der Waals surface area contributed by atoms with Gasteiger partial charge in [0.1, 0.15) is 0 Å². The van der Waals surface area contributed by atoms with Crippen LogP contribution in [0.15, 0.2) is 42.7 Å². The van der Waals surface area contributed by atoms with Crippen molar-refractivity contribution >= 4 is 5.95 Å². The number of aliphatic hydroxyl groups excluding tert-OH is 1. The summed E-state index contributed by atoms with van der Waals surface area (Å²) in [6.07, 6.45) is 5.45. The van der Waals surface area contributed by atoms with E-state index in [1.807, 2.05) is 30.6 Å². The average Bonchev–Trinajstić information content (AvgIpc) is 2.70. The van der Waals surface area contributed by atoms with Crippen molar-refractivity contribution in [3.63, 3.8) is 0 Å². The summed E-state index contributed by atoms with van der Waals surface area (Å²) in [5, 5.41) is 12.7. The summed E-state index contributed by atoms with van der Waals surface area (Å²) in [5.41, 5.74) is 2.30. The second-order valence-electron chi connectivity index (χ2n) is 6.20. The number of anilines is 1. The Bertz CT molecular complexity index is 615. The predicted octanol–water partition coefficient (Wildman–Crippen LogP) is 1.92. The van der Waals surface area contributed by atoms with Crippen molar-refractivity contribution in [2.45, 2.75) is 25.4 Å². The summed E-state index contributed by atoms with van der Waals surface area (Å²) < 4.78 is 5.36. The Morgan fingerprint density at radius 1 is 1.12 bits per heavy atom. The second kappa shape index (κ2) is 9.46. The van der Waals surface area contributed by atoms with E-state index in [4.69, 9.17) is 9.84 Å². The summed E-state index contributed by atoms with van der Waals surface area (Å²) in [6, 6.07) is 10.6. The standard InChI is InChI=1S/C19H26N4O2/c24-10-4-7-18(17-5-2-1-3-6-17)20-13-16-14-21-19(22-15-16)23-8-11-25-12-9-23/h1-3,5-6,14-15,18,20,24H,4,7-13H2. The van der Waals surface area contributed by atoms with Crippen LogP contribution in [0.3, 0.4) is 0 Å². The Labute approximate surface area is 148 Å². The average molecular weight is 342 g/mol. The fraction of sp³-hybridized carbons (Fsp3) is 0.474. The number of aromatic nitrogens is 2. The number of hydrogen-bond donors (Lipinski definition) is 2. The van der Waals surface area contributed by atoms with Crippen LogP contribution >= 0.6 is 0 Å². The minimum Gasteiger partial charge on any atom is -0.396 e. The first-order valence-corrected chi connectivity index (χ1v) is 8.89. The van der Waals surface area contributed by atoms with Gasteiger partial charge in [-0.2, -0.15) is 0 Å². The van der Waals surface area contributed by atoms with Gasteiger partial charge in [-0.1, -0.05) is 30.3 Å². The molecule has 6 heteroatoms. The molecule has 0 amide bonds. The first kappa shape index (κ1) is 17.8. The zero-order chi connectivity index (χ0) is 17.3. The molecule has 2 aromatic rings. The highest BCUT2D eigenvalue weighted by Gasteiger charge is 2.14. The largest absolute Gasteiger partial charge is 0.396 e. The van der Waals surface area contributed by atoms with E-state index in [0.29, 0.717) is 6.54 Å². The number of benzene rings is 1. The molecule has 1 aliphatic rings. The van der Waals surface area contributed by atoms with Crippen molar-refractivity contribution in [3.05, 3.63) is 53.9 Å². The number of nitrogens with one attached hydrogen (secondary N) is 1. The maximum absolute atomic E-state index is 9.14. The van der Waals surface area contributed by atoms with Crippen LogP contribution in [0.1, 0.15) is 30.0 Å². The molecule has 1 saturated heterocycles. The van der Waals surface area contributed by atoms with Crippen molar-refractivity contribution < 1.29 is 9.84 Å². The zero-order valence-corrected chi connectivity index (χ0v) is 14.5. The van der Waals surface area contributed by atoms with E-state index in [2.05, 4.69) is 32.3 Å². The van der Waals surface area contributed by atoms with Crippen LogP contribution in [0, 0.1) is 0 Å². The number of rotatable bonds is 8. The summed E-state index contributed by atoms with van der Waals surface area (Å²) in [4.78, 5) is 11.1. The maximum Gasteiger partial charge on any atom is 0.225 e. The summed E-state index contributed by atoms with van der Waals surface area (Å²) >= 11 is 0. The van der Waals surface area contributed by atoms with Gasteiger partial charge in [0.2, 0.25) is 5.95 Å². The van der Waals surface area contributed by atoms with Crippen LogP contribution in [0.25, 0.3) is 0 Å². The second-order valence-corrected chi connectivity index (χ2v) is 6.20. The molecule has 1 atom stereocenters. The van der Waals surface area contributed by atoms with E-state index < -0.39 is 0 Å². The molecule has 0 aliphatic carbocycles. The molecule has 3 rings (SSSR count). The van der Waals surface area contributed by atoms with E-state index in [1.165, 1.54) is 5.56 Å². The van der Waals surface area contributed by atoms with E-state index in [9.17, 15) is 0 Å². The topological polar surface area (TPSA) is 70.5 Å². The first-order chi connectivity index (χ1) is 12.4. The van der Waals surface area contributed by atoms with Gasteiger partial charge in [-0.15, -0.1) is 0 Å². The molecular formula is C19H26N4O2. The van der Waals surface area contributed by atoms with E-state index >= 15 is 0 Å². The lowest BCUT2D eigenvalue weighted by Gasteiger charge is -2.26. The maximum atomic E-state index is 9.14. The van der Waals surface area contributed by atoms with Crippen molar-refractivity contribution in [2.75, 3.05) is 37.8 Å². The minimum atomic E-state index is 0.211. The molecule has 0 bridgehead atoms. The van der Waals surface area contributed by atoms with Crippen LogP contribution in [0.2, 0.25) is 0 Å². The molecular weight excluding hydrogens is 316 g/mol. The van der Waals surface area contributed by atoms with Crippen LogP contribution in [-0.2, 0) is 11.3 Å². The minimum absolute atomic E-state index is 0.211. The van der Waals surface area contributed by atoms with Crippen molar-refractivity contribution in [3.8, 4) is 0 Å². The number of aliphatic hydroxyl groups is 1. The van der Waals surface area contributed by atoms with Gasteiger partial charge in [0.15, 0.2) is 0 Å². The lowest BCUT2D eigenvalue weighted by molar-refractivity contribution is 0.122. The quantitative estimate of drug-likeness (QED) is 0.764. The molecule has 1 aromatic heterocycles. The highest BCUT2D eigenvalue weighted by molar-refractivity contribution is 5.30. The lowest BCUT2D eigenvalue weighted by atomic mass is 10.0. The van der Waals surface area contributed by atoms with Crippen LogP contribution < -0.4 is 10.2 Å². The van der Waals surface area contributed by atoms with Gasteiger partial charge < -0.3 is 20.1 Å². The zero-order valence-electron chi connectivity index (χ0n) is 14.5. The van der Waals surface area contributed by atoms with Gasteiger partial charge >= 0.3 is 0 Å². The smallest absolute Gasteiger partial charge is 0.225 e. The highest BCUT2D eigenvalue weighted by atomic mass is 16.5. The molecule has 1 unspecified atom stereocenters. The molecule has 1 aromatic carbocycles. The van der Waals surface area contributed by atoms with Crippen molar-refractivity contribution in [1.82, 2.24) is 15.3 Å². The normalized spacial score (nSPS) is 16.0. The van der Waals surface area contributed by atoms with Gasteiger partial charge in [-0.25, -0.2) is 9.97 Å². The third-order valence-corrected chi connectivity index (χ3v) is 4.39. The predicted molar refractivity (Wildman–Crippen MR) is 97.4 cm³/mol. The lowest BCUT2D eigenvalue weighted by Crippen LogP contribution is -2.37. The molecule has 2 heterocycles. The SMILES string of the molecule is OCCCC(NCc1cnc(N2CCOCC2)nc1)c1ccccc1. The molecule has 0 radical (unpaired) electrons. The Morgan fingerprint density at radius 3 is 2.52 bits per heavy atom. The number of hydrogen-bond acceptors (Lipinski definition) is 6. The Kier molecular flexibility index (Phi) is 6.73. The summed E-state index contributed by atoms with van der Waals surface area (Å²) in [6.45, 7) is 4.06. The third kappa shape index (κ3) is 5.22. The van der Waals surface area contributed by atoms with Gasteiger partial charge in [0.25, 0.3) is 0 Å². The number of nitrogens with zero attached hydrogens (tertiary/aromatic N) is 3. The molecule has 25 heavy (non-hydrogen) atoms. The van der Waals surface area contributed by atoms with E-state index in [1.54, 1.807) is 0 Å². The van der Waals surface area contributed by atoms with Crippen molar-refractivity contribution in [1.29, 1.82) is 0 Å². The van der Waals surface area contributed by atoms with Crippen LogP contribution in [-0.4, -0.2) is 48.0 Å². The first-order valence-electron chi connectivity index (χ1n) is 8.89. The monoisotopic (exact) mass is 342 g/mol. The fourth-order valence-corrected chi connectivity index (χ4v) is 2.97. The molecule has 0 spiro atoms. The third-order valence-electron chi connectivity index (χ3n) is 4.39. The molecule has 2 N–H and O–H groups in total.